The van der Waals surface area contributed by atoms with Crippen LogP contribution in [0.2, 0.25) is 12.1 Å². The zero-order valence-electron chi connectivity index (χ0n) is 16.7. The molecular weight excluding hydrogens is 387 g/mol. The van der Waals surface area contributed by atoms with Gasteiger partial charge in [-0.15, -0.1) is 0 Å². The van der Waals surface area contributed by atoms with Crippen molar-refractivity contribution in [1.82, 2.24) is 14.4 Å². The highest BCUT2D eigenvalue weighted by Crippen LogP contribution is 2.28. The number of amidine groups is 1. The van der Waals surface area contributed by atoms with Gasteiger partial charge in [-0.05, 0) is 25.1 Å². The predicted molar refractivity (Wildman–Crippen MR) is 112 cm³/mol. The summed E-state index contributed by atoms with van der Waals surface area (Å²) in [5, 5.41) is 9.16. The topological polar surface area (TPSA) is 95.6 Å². The van der Waals surface area contributed by atoms with Crippen molar-refractivity contribution in [3.05, 3.63) is 53.6 Å². The summed E-state index contributed by atoms with van der Waals surface area (Å²) < 4.78 is 30.5. The van der Waals surface area contributed by atoms with Crippen molar-refractivity contribution in [3.63, 3.8) is 0 Å². The van der Waals surface area contributed by atoms with Gasteiger partial charge in [0.15, 0.2) is 23.1 Å². The molecule has 1 aliphatic rings. The van der Waals surface area contributed by atoms with E-state index in [2.05, 4.69) is 20.9 Å². The third-order valence-corrected chi connectivity index (χ3v) is 5.39. The van der Waals surface area contributed by atoms with Crippen LogP contribution in [0.25, 0.3) is 5.65 Å². The normalized spacial score (nSPS) is 17.4. The number of hydrogen-bond acceptors (Lipinski definition) is 5. The number of anilines is 1. The smallest absolute Gasteiger partial charge is 0.274 e. The average Bonchev–Trinajstić information content (AvgIpc) is 3.10. The van der Waals surface area contributed by atoms with Crippen molar-refractivity contribution in [2.75, 3.05) is 18.0 Å². The van der Waals surface area contributed by atoms with Crippen LogP contribution < -0.4 is 10.6 Å². The molecule has 1 atom stereocenters. The molecule has 0 saturated carbocycles. The Morgan fingerprint density at radius 1 is 1.33 bits per heavy atom. The Hall–Kier alpha value is -3.48. The van der Waals surface area contributed by atoms with Gasteiger partial charge in [-0.1, -0.05) is 6.92 Å². The van der Waals surface area contributed by atoms with Gasteiger partial charge in [0.05, 0.1) is 17.6 Å². The first-order valence-corrected chi connectivity index (χ1v) is 9.65. The molecule has 2 N–H and O–H groups in total. The van der Waals surface area contributed by atoms with Crippen LogP contribution in [0.4, 0.5) is 20.3 Å². The van der Waals surface area contributed by atoms with Crippen LogP contribution in [-0.4, -0.2) is 40.0 Å². The van der Waals surface area contributed by atoms with Crippen LogP contribution in [0.15, 0.2) is 35.7 Å². The molecule has 0 bridgehead atoms. The van der Waals surface area contributed by atoms with Gasteiger partial charge in [-0.25, -0.2) is 29.0 Å². The van der Waals surface area contributed by atoms with E-state index < -0.39 is 11.6 Å². The maximum Gasteiger partial charge on any atom is 0.274 e. The molecule has 0 spiro atoms. The molecular formula is C20H20BF2N7. The molecule has 0 amide bonds. The molecule has 7 nitrogen and oxygen atoms in total. The first-order chi connectivity index (χ1) is 14.4. The average molecular weight is 407 g/mol. The molecule has 3 aromatic rings. The van der Waals surface area contributed by atoms with E-state index in [1.54, 1.807) is 19.3 Å². The third-order valence-electron chi connectivity index (χ3n) is 5.39. The lowest BCUT2D eigenvalue weighted by atomic mass is 9.39. The second kappa shape index (κ2) is 7.74. The van der Waals surface area contributed by atoms with Crippen LogP contribution in [0.3, 0.4) is 0 Å². The van der Waals surface area contributed by atoms with Gasteiger partial charge in [-0.2, -0.15) is 0 Å². The quantitative estimate of drug-likeness (QED) is 0.409. The van der Waals surface area contributed by atoms with E-state index in [0.717, 1.165) is 6.32 Å². The molecule has 1 aliphatic heterocycles. The second-order valence-electron chi connectivity index (χ2n) is 7.63. The minimum Gasteiger partial charge on any atom is -0.383 e. The number of nitrogens with two attached hydrogens (primary N) is 1. The van der Waals surface area contributed by atoms with Gasteiger partial charge >= 0.3 is 0 Å². The van der Waals surface area contributed by atoms with Crippen LogP contribution in [-0.2, 0) is 0 Å². The number of pyridine rings is 2. The van der Waals surface area contributed by atoms with Gasteiger partial charge in [0.1, 0.15) is 5.84 Å². The zero-order valence-corrected chi connectivity index (χ0v) is 16.7. The van der Waals surface area contributed by atoms with Gasteiger partial charge in [0.25, 0.3) is 6.71 Å². The number of hydrogen-bond donors (Lipinski definition) is 1. The van der Waals surface area contributed by atoms with Crippen molar-refractivity contribution < 1.29 is 8.78 Å². The summed E-state index contributed by atoms with van der Waals surface area (Å²) in [5.41, 5.74) is 7.78. The van der Waals surface area contributed by atoms with Gasteiger partial charge in [-0.3, -0.25) is 0 Å². The Bertz CT molecular complexity index is 1180. The number of fused-ring (bicyclic) bond motifs is 1. The van der Waals surface area contributed by atoms with E-state index in [1.165, 1.54) is 22.7 Å². The fourth-order valence-electron chi connectivity index (χ4n) is 3.75. The number of nitrogens with zero attached hydrogens (tertiary/aromatic N) is 6. The molecule has 30 heavy (non-hydrogen) atoms. The van der Waals surface area contributed by atoms with E-state index in [0.29, 0.717) is 30.0 Å². The van der Waals surface area contributed by atoms with Gasteiger partial charge in [0.2, 0.25) is 0 Å². The summed E-state index contributed by atoms with van der Waals surface area (Å²) in [4.78, 5) is 14.3. The number of rotatable bonds is 3. The summed E-state index contributed by atoms with van der Waals surface area (Å²) in [6, 6.07) is 2.58. The molecule has 4 heterocycles. The van der Waals surface area contributed by atoms with E-state index in [9.17, 15) is 8.78 Å². The lowest BCUT2D eigenvalue weighted by Gasteiger charge is -2.33. The highest BCUT2D eigenvalue weighted by Gasteiger charge is 2.30. The number of aromatic nitrogens is 3. The first-order valence-electron chi connectivity index (χ1n) is 9.65. The van der Waals surface area contributed by atoms with Crippen LogP contribution in [0, 0.1) is 29.8 Å². The number of nitriles is 1. The Kier molecular flexibility index (Phi) is 5.12. The Balaban J connectivity index is 1.59. The summed E-state index contributed by atoms with van der Waals surface area (Å²) in [6.45, 7) is 5.11. The summed E-state index contributed by atoms with van der Waals surface area (Å²) in [6.07, 6.45) is 5.52. The third kappa shape index (κ3) is 3.71. The number of aliphatic imine (C=N–C) groups is 1. The molecule has 1 fully saturated rings. The van der Waals surface area contributed by atoms with E-state index in [1.807, 2.05) is 11.8 Å². The van der Waals surface area contributed by atoms with Crippen molar-refractivity contribution in [3.8, 4) is 5.97 Å². The van der Waals surface area contributed by atoms with Crippen LogP contribution >= 0.6 is 0 Å². The monoisotopic (exact) mass is 407 g/mol. The van der Waals surface area contributed by atoms with Crippen molar-refractivity contribution in [2.24, 2.45) is 10.7 Å². The maximum atomic E-state index is 14.7. The molecule has 1 unspecified atom stereocenters. The molecule has 0 radical (unpaired) electrons. The van der Waals surface area contributed by atoms with Gasteiger partial charge < -0.3 is 15.0 Å². The van der Waals surface area contributed by atoms with E-state index in [4.69, 9.17) is 11.0 Å². The SMILES string of the molecule is Cc1cn2cc(/C(N)=N/c3ncc(N4CCB(C#N)C(C)C4)cc3F)cc(F)c2n1. The largest absolute Gasteiger partial charge is 0.383 e. The number of imidazole rings is 1. The van der Waals surface area contributed by atoms with Crippen molar-refractivity contribution >= 4 is 29.7 Å². The lowest BCUT2D eigenvalue weighted by molar-refractivity contribution is 0.621. The minimum absolute atomic E-state index is 0.0137. The predicted octanol–water partition coefficient (Wildman–Crippen LogP) is 3.12. The summed E-state index contributed by atoms with van der Waals surface area (Å²) in [5.74, 6) is 1.13. The van der Waals surface area contributed by atoms with Crippen LogP contribution in [0.1, 0.15) is 18.2 Å². The fourth-order valence-corrected chi connectivity index (χ4v) is 3.75. The molecule has 4 rings (SSSR count). The molecule has 3 aromatic heterocycles. The zero-order chi connectivity index (χ0) is 21.4. The Morgan fingerprint density at radius 2 is 2.13 bits per heavy atom. The van der Waals surface area contributed by atoms with E-state index in [-0.39, 0.29) is 29.8 Å². The van der Waals surface area contributed by atoms with Gasteiger partial charge in [0, 0.05) is 43.1 Å². The van der Waals surface area contributed by atoms with Crippen molar-refractivity contribution in [1.29, 1.82) is 5.26 Å². The second-order valence-corrected chi connectivity index (χ2v) is 7.63. The molecule has 152 valence electrons. The Morgan fingerprint density at radius 3 is 2.83 bits per heavy atom. The van der Waals surface area contributed by atoms with E-state index >= 15 is 0 Å². The standard InChI is InChI=1S/C20H20BF2N7/c1-12-8-29(4-3-21(12)11-24)15-6-16(22)19(26-7-15)28-18(25)14-5-17(23)20-27-13(2)9-30(20)10-14/h5-7,9-10,12H,3-4,8H2,1-2H3,(H2,25,26,28). The fraction of sp³-hybridized carbons (Fsp3) is 0.300. The molecule has 0 aliphatic carbocycles. The summed E-state index contributed by atoms with van der Waals surface area (Å²) in [7, 11) is 0. The summed E-state index contributed by atoms with van der Waals surface area (Å²) >= 11 is 0. The molecule has 1 saturated heterocycles. The minimum atomic E-state index is -0.620. The number of aryl methyl sites for hydroxylation is 1. The number of halogens is 2. The molecule has 0 aromatic carbocycles. The molecule has 10 heteroatoms. The van der Waals surface area contributed by atoms with Crippen LogP contribution in [0.5, 0.6) is 0 Å². The highest BCUT2D eigenvalue weighted by atomic mass is 19.1. The maximum absolute atomic E-state index is 14.7. The first kappa shape index (κ1) is 19.8. The highest BCUT2D eigenvalue weighted by molar-refractivity contribution is 6.68. The Labute approximate surface area is 173 Å². The van der Waals surface area contributed by atoms with Crippen molar-refractivity contribution in [2.45, 2.75) is 26.0 Å². The lowest BCUT2D eigenvalue weighted by Crippen LogP contribution is -2.40.